The average molecular weight is 272 g/mol. The molecule has 0 spiro atoms. The van der Waals surface area contributed by atoms with Gasteiger partial charge >= 0.3 is 0 Å². The minimum absolute atomic E-state index is 0.0735. The Balaban J connectivity index is 2.01. The molecule has 0 fully saturated rings. The summed E-state index contributed by atoms with van der Waals surface area (Å²) in [6, 6.07) is 12.2. The fourth-order valence-corrected chi connectivity index (χ4v) is 2.59. The van der Waals surface area contributed by atoms with E-state index in [2.05, 4.69) is 37.9 Å². The number of nitrogens with two attached hydrogens (primary N) is 1. The fourth-order valence-electron chi connectivity index (χ4n) is 2.59. The molecular weight excluding hydrogens is 248 g/mol. The lowest BCUT2D eigenvalue weighted by Crippen LogP contribution is -2.34. The third-order valence-corrected chi connectivity index (χ3v) is 3.58. The Morgan fingerprint density at radius 1 is 1.10 bits per heavy atom. The third-order valence-electron chi connectivity index (χ3n) is 3.58. The van der Waals surface area contributed by atoms with Crippen LogP contribution in [0.4, 0.5) is 5.69 Å². The Morgan fingerprint density at radius 2 is 1.75 bits per heavy atom. The van der Waals surface area contributed by atoms with Gasteiger partial charge in [-0.05, 0) is 43.8 Å². The van der Waals surface area contributed by atoms with Gasteiger partial charge in [-0.25, -0.2) is 0 Å². The van der Waals surface area contributed by atoms with Gasteiger partial charge in [-0.2, -0.15) is 0 Å². The summed E-state index contributed by atoms with van der Waals surface area (Å²) in [6.07, 6.45) is 0. The second-order valence-corrected chi connectivity index (χ2v) is 6.19. The van der Waals surface area contributed by atoms with Crippen LogP contribution in [0.1, 0.15) is 30.9 Å². The molecule has 0 aliphatic rings. The summed E-state index contributed by atoms with van der Waals surface area (Å²) in [5, 5.41) is 0. The van der Waals surface area contributed by atoms with Crippen LogP contribution in [0.3, 0.4) is 0 Å². The Morgan fingerprint density at radius 3 is 2.30 bits per heavy atom. The average Bonchev–Trinajstić information content (AvgIpc) is 2.74. The number of anilines is 1. The zero-order valence-corrected chi connectivity index (χ0v) is 12.8. The first-order valence-corrected chi connectivity index (χ1v) is 6.97. The maximum Gasteiger partial charge on any atom is 0.118 e. The van der Waals surface area contributed by atoms with Crippen molar-refractivity contribution in [2.45, 2.75) is 32.7 Å². The normalized spacial score (nSPS) is 12.1. The fraction of sp³-hybridized carbons (Fsp3) is 0.412. The predicted octanol–water partition coefficient (Wildman–Crippen LogP) is 3.58. The van der Waals surface area contributed by atoms with Crippen LogP contribution >= 0.6 is 0 Å². The number of nitrogen functional groups attached to an aromatic ring is 1. The maximum atomic E-state index is 5.75. The molecule has 20 heavy (non-hydrogen) atoms. The highest BCUT2D eigenvalue weighted by Gasteiger charge is 2.22. The molecule has 0 unspecified atom stereocenters. The molecule has 2 aromatic rings. The zero-order chi connectivity index (χ0) is 14.8. The van der Waals surface area contributed by atoms with Crippen LogP contribution in [-0.2, 0) is 12.0 Å². The van der Waals surface area contributed by atoms with Gasteiger partial charge in [0.2, 0.25) is 0 Å². The molecule has 0 saturated heterocycles. The van der Waals surface area contributed by atoms with Gasteiger partial charge in [-0.15, -0.1) is 0 Å². The number of likely N-dealkylation sites (N-methyl/N-ethyl adjacent to an activating group) is 1. The van der Waals surface area contributed by atoms with Gasteiger partial charge in [-0.3, -0.25) is 4.90 Å². The van der Waals surface area contributed by atoms with Gasteiger partial charge in [-0.1, -0.05) is 26.0 Å². The van der Waals surface area contributed by atoms with E-state index >= 15 is 0 Å². The number of hydrogen-bond acceptors (Lipinski definition) is 3. The Labute approximate surface area is 121 Å². The number of furan rings is 1. The van der Waals surface area contributed by atoms with E-state index < -0.39 is 0 Å². The Kier molecular flexibility index (Phi) is 4.19. The highest BCUT2D eigenvalue weighted by molar-refractivity contribution is 5.41. The first-order valence-electron chi connectivity index (χ1n) is 6.97. The summed E-state index contributed by atoms with van der Waals surface area (Å²) in [6.45, 7) is 8.26. The predicted molar refractivity (Wildman–Crippen MR) is 83.7 cm³/mol. The van der Waals surface area contributed by atoms with Gasteiger partial charge in [0.05, 0.1) is 6.54 Å². The van der Waals surface area contributed by atoms with Crippen molar-refractivity contribution in [2.75, 3.05) is 19.3 Å². The third kappa shape index (κ3) is 3.64. The second-order valence-electron chi connectivity index (χ2n) is 6.19. The maximum absolute atomic E-state index is 5.75. The molecule has 3 heteroatoms. The molecule has 108 valence electrons. The molecule has 0 bridgehead atoms. The molecule has 1 aromatic carbocycles. The van der Waals surface area contributed by atoms with Gasteiger partial charge in [0.25, 0.3) is 0 Å². The van der Waals surface area contributed by atoms with Crippen molar-refractivity contribution in [2.24, 2.45) is 0 Å². The van der Waals surface area contributed by atoms with Crippen LogP contribution in [0.2, 0.25) is 0 Å². The molecule has 2 N–H and O–H groups in total. The minimum Gasteiger partial charge on any atom is -0.465 e. The zero-order valence-electron chi connectivity index (χ0n) is 12.8. The summed E-state index contributed by atoms with van der Waals surface area (Å²) in [4.78, 5) is 2.29. The van der Waals surface area contributed by atoms with Crippen molar-refractivity contribution >= 4 is 5.69 Å². The number of nitrogens with zero attached hydrogens (tertiary/aromatic N) is 1. The minimum atomic E-state index is 0.0735. The standard InChI is InChI=1S/C17H24N2O/c1-13-5-10-16(20-13)11-19(4)12-17(2,3)14-6-8-15(18)9-7-14/h5-10H,11-12,18H2,1-4H3. The van der Waals surface area contributed by atoms with Crippen molar-refractivity contribution in [3.05, 3.63) is 53.5 Å². The van der Waals surface area contributed by atoms with Gasteiger partial charge < -0.3 is 10.2 Å². The highest BCUT2D eigenvalue weighted by atomic mass is 16.3. The Hall–Kier alpha value is -1.74. The molecule has 0 amide bonds. The topological polar surface area (TPSA) is 42.4 Å². The smallest absolute Gasteiger partial charge is 0.118 e. The largest absolute Gasteiger partial charge is 0.465 e. The lowest BCUT2D eigenvalue weighted by Gasteiger charge is -2.30. The van der Waals surface area contributed by atoms with Crippen LogP contribution in [0.15, 0.2) is 40.8 Å². The molecule has 0 atom stereocenters. The Bertz CT molecular complexity index is 555. The van der Waals surface area contributed by atoms with E-state index in [-0.39, 0.29) is 5.41 Å². The van der Waals surface area contributed by atoms with Gasteiger partial charge in [0.1, 0.15) is 11.5 Å². The molecule has 0 radical (unpaired) electrons. The van der Waals surface area contributed by atoms with Crippen LogP contribution in [0.5, 0.6) is 0 Å². The first-order chi connectivity index (χ1) is 9.37. The highest BCUT2D eigenvalue weighted by Crippen LogP contribution is 2.25. The van der Waals surface area contributed by atoms with Crippen LogP contribution in [0, 0.1) is 6.92 Å². The van der Waals surface area contributed by atoms with E-state index in [0.717, 1.165) is 30.3 Å². The van der Waals surface area contributed by atoms with Crippen molar-refractivity contribution < 1.29 is 4.42 Å². The molecule has 0 saturated carbocycles. The van der Waals surface area contributed by atoms with E-state index in [0.29, 0.717) is 0 Å². The van der Waals surface area contributed by atoms with E-state index in [9.17, 15) is 0 Å². The van der Waals surface area contributed by atoms with Crippen LogP contribution in [-0.4, -0.2) is 18.5 Å². The van der Waals surface area contributed by atoms with Crippen LogP contribution < -0.4 is 5.73 Å². The lowest BCUT2D eigenvalue weighted by atomic mass is 9.84. The molecule has 1 aromatic heterocycles. The van der Waals surface area contributed by atoms with Crippen LogP contribution in [0.25, 0.3) is 0 Å². The van der Waals surface area contributed by atoms with E-state index in [1.165, 1.54) is 5.56 Å². The second kappa shape index (κ2) is 5.71. The molecule has 3 nitrogen and oxygen atoms in total. The van der Waals surface area contributed by atoms with Crippen molar-refractivity contribution in [1.29, 1.82) is 0 Å². The number of aryl methyl sites for hydroxylation is 1. The van der Waals surface area contributed by atoms with Crippen molar-refractivity contribution in [1.82, 2.24) is 4.90 Å². The monoisotopic (exact) mass is 272 g/mol. The van der Waals surface area contributed by atoms with E-state index in [4.69, 9.17) is 10.2 Å². The lowest BCUT2D eigenvalue weighted by molar-refractivity contribution is 0.241. The van der Waals surface area contributed by atoms with E-state index in [1.54, 1.807) is 0 Å². The molecule has 0 aliphatic heterocycles. The summed E-state index contributed by atoms with van der Waals surface area (Å²) in [7, 11) is 2.12. The molecule has 1 heterocycles. The van der Waals surface area contributed by atoms with Crippen molar-refractivity contribution in [3.63, 3.8) is 0 Å². The number of benzene rings is 1. The van der Waals surface area contributed by atoms with Gasteiger partial charge in [0, 0.05) is 17.6 Å². The van der Waals surface area contributed by atoms with Gasteiger partial charge in [0.15, 0.2) is 0 Å². The first kappa shape index (κ1) is 14.7. The quantitative estimate of drug-likeness (QED) is 0.846. The summed E-state index contributed by atoms with van der Waals surface area (Å²) >= 11 is 0. The summed E-state index contributed by atoms with van der Waals surface area (Å²) < 4.78 is 5.63. The number of hydrogen-bond donors (Lipinski definition) is 1. The SMILES string of the molecule is Cc1ccc(CN(C)CC(C)(C)c2ccc(N)cc2)o1. The van der Waals surface area contributed by atoms with Crippen molar-refractivity contribution in [3.8, 4) is 0 Å². The van der Waals surface area contributed by atoms with E-state index in [1.807, 2.05) is 31.2 Å². The molecule has 0 aliphatic carbocycles. The summed E-state index contributed by atoms with van der Waals surface area (Å²) in [5.74, 6) is 1.98. The summed E-state index contributed by atoms with van der Waals surface area (Å²) in [5.41, 5.74) is 7.94. The number of rotatable bonds is 5. The molecule has 2 rings (SSSR count). The molecular formula is C17H24N2O.